The summed E-state index contributed by atoms with van der Waals surface area (Å²) in [7, 11) is 0. The van der Waals surface area contributed by atoms with Crippen LogP contribution in [0.1, 0.15) is 56.5 Å². The summed E-state index contributed by atoms with van der Waals surface area (Å²) < 4.78 is 16.6. The highest BCUT2D eigenvalue weighted by atomic mass is 16.6. The number of cyclic esters (lactones) is 1. The second-order valence-electron chi connectivity index (χ2n) is 7.60. The number of fused-ring (bicyclic) bond motifs is 1. The van der Waals surface area contributed by atoms with Crippen LogP contribution >= 0.6 is 0 Å². The van der Waals surface area contributed by atoms with E-state index in [0.29, 0.717) is 17.9 Å². The van der Waals surface area contributed by atoms with Crippen LogP contribution in [0.25, 0.3) is 0 Å². The van der Waals surface area contributed by atoms with Crippen LogP contribution in [0, 0.1) is 0 Å². The molecule has 2 heterocycles. The number of hydrogen-bond acceptors (Lipinski definition) is 5. The molecule has 6 nitrogen and oxygen atoms in total. The van der Waals surface area contributed by atoms with Gasteiger partial charge in [-0.2, -0.15) is 0 Å². The van der Waals surface area contributed by atoms with E-state index in [1.165, 1.54) is 0 Å². The van der Waals surface area contributed by atoms with Crippen molar-refractivity contribution in [3.8, 4) is 5.75 Å². The lowest BCUT2D eigenvalue weighted by molar-refractivity contribution is 0.0111. The number of esters is 1. The molecule has 1 amide bonds. The highest BCUT2D eigenvalue weighted by Gasteiger charge is 2.36. The fourth-order valence-corrected chi connectivity index (χ4v) is 3.30. The van der Waals surface area contributed by atoms with Crippen molar-refractivity contribution in [2.75, 3.05) is 6.54 Å². The van der Waals surface area contributed by atoms with Gasteiger partial charge in [0.1, 0.15) is 24.1 Å². The summed E-state index contributed by atoms with van der Waals surface area (Å²) in [5, 5.41) is 0. The van der Waals surface area contributed by atoms with Crippen LogP contribution in [0.15, 0.2) is 18.2 Å². The van der Waals surface area contributed by atoms with E-state index < -0.39 is 5.60 Å². The molecule has 25 heavy (non-hydrogen) atoms. The maximum Gasteiger partial charge on any atom is 0.410 e. The van der Waals surface area contributed by atoms with Crippen molar-refractivity contribution in [2.45, 2.75) is 64.9 Å². The third kappa shape index (κ3) is 3.89. The van der Waals surface area contributed by atoms with Crippen molar-refractivity contribution in [3.05, 3.63) is 29.3 Å². The maximum atomic E-state index is 12.4. The first-order valence-corrected chi connectivity index (χ1v) is 8.71. The van der Waals surface area contributed by atoms with E-state index in [9.17, 15) is 9.59 Å². The van der Waals surface area contributed by atoms with Crippen LogP contribution < -0.4 is 4.74 Å². The Morgan fingerprint density at radius 2 is 2.12 bits per heavy atom. The van der Waals surface area contributed by atoms with E-state index in [0.717, 1.165) is 18.4 Å². The summed E-state index contributed by atoms with van der Waals surface area (Å²) in [5.41, 5.74) is 0.919. The molecule has 6 heteroatoms. The summed E-state index contributed by atoms with van der Waals surface area (Å²) in [6.07, 6.45) is 1.35. The smallest absolute Gasteiger partial charge is 0.410 e. The number of nitrogens with zero attached hydrogens (tertiary/aromatic N) is 1. The van der Waals surface area contributed by atoms with E-state index in [1.54, 1.807) is 17.0 Å². The highest BCUT2D eigenvalue weighted by Crippen LogP contribution is 2.28. The average Bonchev–Trinajstić information content (AvgIpc) is 3.13. The van der Waals surface area contributed by atoms with Gasteiger partial charge < -0.3 is 19.1 Å². The van der Waals surface area contributed by atoms with Gasteiger partial charge in [-0.15, -0.1) is 0 Å². The summed E-state index contributed by atoms with van der Waals surface area (Å²) in [6.45, 7) is 8.52. The number of rotatable bonds is 3. The van der Waals surface area contributed by atoms with Gasteiger partial charge in [0.05, 0.1) is 11.6 Å². The van der Waals surface area contributed by atoms with E-state index in [2.05, 4.69) is 0 Å². The fourth-order valence-electron chi connectivity index (χ4n) is 3.30. The predicted molar refractivity (Wildman–Crippen MR) is 91.6 cm³/mol. The third-order valence-electron chi connectivity index (χ3n) is 4.45. The molecule has 2 aliphatic heterocycles. The third-order valence-corrected chi connectivity index (χ3v) is 4.45. The van der Waals surface area contributed by atoms with Gasteiger partial charge in [0.2, 0.25) is 0 Å². The van der Waals surface area contributed by atoms with Crippen molar-refractivity contribution in [3.63, 3.8) is 0 Å². The molecule has 2 atom stereocenters. The number of hydrogen-bond donors (Lipinski definition) is 0. The minimum atomic E-state index is -0.513. The van der Waals surface area contributed by atoms with Crippen molar-refractivity contribution < 1.29 is 23.8 Å². The van der Waals surface area contributed by atoms with E-state index >= 15 is 0 Å². The van der Waals surface area contributed by atoms with Crippen LogP contribution in [0.2, 0.25) is 0 Å². The van der Waals surface area contributed by atoms with Crippen LogP contribution in [-0.2, 0) is 16.1 Å². The quantitative estimate of drug-likeness (QED) is 0.783. The molecule has 3 rings (SSSR count). The van der Waals surface area contributed by atoms with Crippen LogP contribution in [0.5, 0.6) is 5.75 Å². The SMILES string of the molecule is CC(Oc1ccc2c(c1)COC2=O)[C@@H]1CCCN1C(=O)OC(C)(C)C. The van der Waals surface area contributed by atoms with Gasteiger partial charge >= 0.3 is 12.1 Å². The predicted octanol–water partition coefficient (Wildman–Crippen LogP) is 3.52. The van der Waals surface area contributed by atoms with E-state index in [-0.39, 0.29) is 30.8 Å². The van der Waals surface area contributed by atoms with Crippen LogP contribution in [0.3, 0.4) is 0 Å². The molecular weight excluding hydrogens is 322 g/mol. The van der Waals surface area contributed by atoms with Gasteiger partial charge in [0.15, 0.2) is 0 Å². The second-order valence-corrected chi connectivity index (χ2v) is 7.60. The molecular formula is C19H25NO5. The zero-order valence-electron chi connectivity index (χ0n) is 15.2. The molecule has 0 aromatic heterocycles. The molecule has 1 aromatic rings. The van der Waals surface area contributed by atoms with Gasteiger partial charge in [-0.05, 0) is 58.7 Å². The molecule has 0 aliphatic carbocycles. The Morgan fingerprint density at radius 3 is 2.84 bits per heavy atom. The van der Waals surface area contributed by atoms with Crippen molar-refractivity contribution in [1.82, 2.24) is 4.90 Å². The van der Waals surface area contributed by atoms with E-state index in [1.807, 2.05) is 33.8 Å². The van der Waals surface area contributed by atoms with Crippen LogP contribution in [0.4, 0.5) is 4.79 Å². The second kappa shape index (κ2) is 6.58. The average molecular weight is 347 g/mol. The minimum absolute atomic E-state index is 0.0269. The number of benzene rings is 1. The summed E-state index contributed by atoms with van der Waals surface area (Å²) in [4.78, 5) is 25.7. The summed E-state index contributed by atoms with van der Waals surface area (Å²) >= 11 is 0. The number of ether oxygens (including phenoxy) is 3. The zero-order valence-corrected chi connectivity index (χ0v) is 15.2. The Hall–Kier alpha value is -2.24. The normalized spacial score (nSPS) is 20.9. The molecule has 1 saturated heterocycles. The Morgan fingerprint density at radius 1 is 1.36 bits per heavy atom. The lowest BCUT2D eigenvalue weighted by atomic mass is 10.1. The van der Waals surface area contributed by atoms with Crippen molar-refractivity contribution >= 4 is 12.1 Å². The molecule has 1 unspecified atom stereocenters. The molecule has 1 aromatic carbocycles. The number of amides is 1. The molecule has 0 spiro atoms. The van der Waals surface area contributed by atoms with Gasteiger partial charge in [0, 0.05) is 12.1 Å². The number of carbonyl (C=O) groups is 2. The molecule has 2 aliphatic rings. The van der Waals surface area contributed by atoms with Gasteiger partial charge in [-0.25, -0.2) is 9.59 Å². The fraction of sp³-hybridized carbons (Fsp3) is 0.579. The topological polar surface area (TPSA) is 65.1 Å². The maximum absolute atomic E-state index is 12.4. The minimum Gasteiger partial charge on any atom is -0.489 e. The monoisotopic (exact) mass is 347 g/mol. The largest absolute Gasteiger partial charge is 0.489 e. The first-order valence-electron chi connectivity index (χ1n) is 8.71. The van der Waals surface area contributed by atoms with Crippen molar-refractivity contribution in [2.24, 2.45) is 0 Å². The lowest BCUT2D eigenvalue weighted by Gasteiger charge is -2.31. The number of likely N-dealkylation sites (tertiary alicyclic amines) is 1. The van der Waals surface area contributed by atoms with E-state index in [4.69, 9.17) is 14.2 Å². The molecule has 0 N–H and O–H groups in total. The summed E-state index contributed by atoms with van der Waals surface area (Å²) in [6, 6.07) is 5.31. The molecule has 0 radical (unpaired) electrons. The Labute approximate surface area is 148 Å². The first kappa shape index (κ1) is 17.6. The lowest BCUT2D eigenvalue weighted by Crippen LogP contribution is -2.45. The molecule has 1 fully saturated rings. The Kier molecular flexibility index (Phi) is 4.62. The Bertz CT molecular complexity index is 679. The Balaban J connectivity index is 1.67. The summed E-state index contributed by atoms with van der Waals surface area (Å²) in [5.74, 6) is 0.391. The van der Waals surface area contributed by atoms with Crippen LogP contribution in [-0.4, -0.2) is 41.3 Å². The van der Waals surface area contributed by atoms with Gasteiger partial charge in [-0.3, -0.25) is 0 Å². The van der Waals surface area contributed by atoms with Crippen molar-refractivity contribution in [1.29, 1.82) is 0 Å². The highest BCUT2D eigenvalue weighted by molar-refractivity contribution is 5.93. The standard InChI is InChI=1S/C19H25NO5/c1-12(16-6-5-9-20(16)18(22)25-19(2,3)4)24-14-7-8-15-13(10-14)11-23-17(15)21/h7-8,10,12,16H,5-6,9,11H2,1-4H3/t12?,16-/m0/s1. The molecule has 0 saturated carbocycles. The van der Waals surface area contributed by atoms with Gasteiger partial charge in [-0.1, -0.05) is 0 Å². The zero-order chi connectivity index (χ0) is 18.2. The first-order chi connectivity index (χ1) is 11.7. The number of carbonyl (C=O) groups excluding carboxylic acids is 2. The molecule has 0 bridgehead atoms. The van der Waals surface area contributed by atoms with Gasteiger partial charge in [0.25, 0.3) is 0 Å². The molecule has 136 valence electrons.